The predicted molar refractivity (Wildman–Crippen MR) is 108 cm³/mol. The number of piperidine rings is 1. The van der Waals surface area contributed by atoms with Crippen LogP contribution in [0, 0.1) is 0 Å². The van der Waals surface area contributed by atoms with Crippen molar-refractivity contribution in [3.63, 3.8) is 0 Å². The maximum atomic E-state index is 12.0. The van der Waals surface area contributed by atoms with Gasteiger partial charge in [-0.15, -0.1) is 0 Å². The van der Waals surface area contributed by atoms with Gasteiger partial charge in [-0.3, -0.25) is 14.6 Å². The number of aromatic nitrogens is 4. The molecule has 3 aliphatic heterocycles. The first-order valence-corrected chi connectivity index (χ1v) is 10.6. The number of fused-ring (bicyclic) bond motifs is 2. The van der Waals surface area contributed by atoms with Crippen molar-refractivity contribution >= 4 is 17.4 Å². The summed E-state index contributed by atoms with van der Waals surface area (Å²) in [5.74, 6) is 0.992. The summed E-state index contributed by atoms with van der Waals surface area (Å²) in [6.45, 7) is 11.8. The lowest BCUT2D eigenvalue weighted by molar-refractivity contribution is 0.0218. The molecule has 9 nitrogen and oxygen atoms in total. The number of nitrogens with zero attached hydrogens (tertiary/aromatic N) is 6. The molecule has 0 aliphatic carbocycles. The topological polar surface area (TPSA) is 87.7 Å². The molecule has 0 spiro atoms. The van der Waals surface area contributed by atoms with Gasteiger partial charge in [0, 0.05) is 51.3 Å². The maximum absolute atomic E-state index is 12.0. The van der Waals surface area contributed by atoms with Crippen LogP contribution in [-0.4, -0.2) is 86.3 Å². The maximum Gasteiger partial charge on any atom is 0.228 e. The Balaban J connectivity index is 1.29. The van der Waals surface area contributed by atoms with Gasteiger partial charge in [0.05, 0.1) is 12.8 Å². The van der Waals surface area contributed by atoms with Crippen molar-refractivity contribution in [3.8, 4) is 0 Å². The van der Waals surface area contributed by atoms with E-state index < -0.39 is 0 Å². The summed E-state index contributed by atoms with van der Waals surface area (Å²) in [6.07, 6.45) is 3.87. The lowest BCUT2D eigenvalue weighted by Crippen LogP contribution is -2.44. The molecule has 2 unspecified atom stereocenters. The van der Waals surface area contributed by atoms with E-state index in [-0.39, 0.29) is 23.3 Å². The van der Waals surface area contributed by atoms with E-state index in [0.29, 0.717) is 17.6 Å². The highest BCUT2D eigenvalue weighted by molar-refractivity contribution is 5.91. The lowest BCUT2D eigenvalue weighted by atomic mass is 10.0. The van der Waals surface area contributed by atoms with Crippen LogP contribution < -0.4 is 5.32 Å². The van der Waals surface area contributed by atoms with Crippen molar-refractivity contribution in [3.05, 3.63) is 17.6 Å². The highest BCUT2D eigenvalue weighted by Crippen LogP contribution is 2.39. The summed E-state index contributed by atoms with van der Waals surface area (Å²) in [7, 11) is 0. The normalized spacial score (nSPS) is 27.5. The summed E-state index contributed by atoms with van der Waals surface area (Å²) < 4.78 is 7.69. The van der Waals surface area contributed by atoms with Crippen LogP contribution >= 0.6 is 0 Å². The summed E-state index contributed by atoms with van der Waals surface area (Å²) in [6, 6.07) is 0.299. The SMILES string of the molecule is CC(=O)c1nc(NC2CCN(CC34CN3CCO4)CC2)n2ncc(C(C)C)c2n1. The summed E-state index contributed by atoms with van der Waals surface area (Å²) in [4.78, 5) is 25.8. The second-order valence-electron chi connectivity index (χ2n) is 8.83. The molecule has 29 heavy (non-hydrogen) atoms. The van der Waals surface area contributed by atoms with E-state index in [2.05, 4.69) is 44.0 Å². The molecule has 3 aliphatic rings. The van der Waals surface area contributed by atoms with Gasteiger partial charge in [-0.1, -0.05) is 13.8 Å². The largest absolute Gasteiger partial charge is 0.356 e. The zero-order valence-corrected chi connectivity index (χ0v) is 17.4. The molecular weight excluding hydrogens is 370 g/mol. The number of hydrogen-bond donors (Lipinski definition) is 1. The molecular formula is C20H29N7O2. The fourth-order valence-corrected chi connectivity index (χ4v) is 4.54. The Labute approximate surface area is 170 Å². The van der Waals surface area contributed by atoms with Crippen LogP contribution in [0.15, 0.2) is 6.20 Å². The molecule has 9 heteroatoms. The summed E-state index contributed by atoms with van der Waals surface area (Å²) in [5, 5.41) is 8.02. The molecule has 5 rings (SSSR count). The van der Waals surface area contributed by atoms with Gasteiger partial charge in [-0.05, 0) is 18.8 Å². The quantitative estimate of drug-likeness (QED) is 0.576. The second kappa shape index (κ2) is 7.00. The van der Waals surface area contributed by atoms with Gasteiger partial charge in [0.2, 0.25) is 11.8 Å². The number of ketones is 1. The van der Waals surface area contributed by atoms with Gasteiger partial charge in [-0.2, -0.15) is 14.6 Å². The minimum atomic E-state index is -0.133. The average Bonchev–Trinajstić information content (AvgIpc) is 3.03. The van der Waals surface area contributed by atoms with Crippen LogP contribution in [-0.2, 0) is 4.74 Å². The van der Waals surface area contributed by atoms with Crippen LogP contribution in [0.2, 0.25) is 0 Å². The van der Waals surface area contributed by atoms with E-state index in [0.717, 1.165) is 57.7 Å². The Morgan fingerprint density at radius 3 is 2.72 bits per heavy atom. The Kier molecular flexibility index (Phi) is 4.56. The number of Topliss-reactive ketones (excluding diaryl/α,β-unsaturated/α-hetero) is 1. The molecule has 3 fully saturated rings. The van der Waals surface area contributed by atoms with Gasteiger partial charge in [0.15, 0.2) is 11.4 Å². The van der Waals surface area contributed by atoms with E-state index in [1.54, 1.807) is 4.52 Å². The van der Waals surface area contributed by atoms with Gasteiger partial charge >= 0.3 is 0 Å². The third kappa shape index (κ3) is 3.41. The average molecular weight is 399 g/mol. The van der Waals surface area contributed by atoms with Crippen LogP contribution in [0.25, 0.3) is 5.65 Å². The molecule has 0 saturated carbocycles. The highest BCUT2D eigenvalue weighted by atomic mass is 16.5. The van der Waals surface area contributed by atoms with Crippen LogP contribution in [0.5, 0.6) is 0 Å². The van der Waals surface area contributed by atoms with Crippen LogP contribution in [0.3, 0.4) is 0 Å². The third-order valence-corrected chi connectivity index (χ3v) is 6.37. The van der Waals surface area contributed by atoms with E-state index in [9.17, 15) is 4.79 Å². The summed E-state index contributed by atoms with van der Waals surface area (Å²) in [5.41, 5.74) is 1.75. The van der Waals surface area contributed by atoms with E-state index in [4.69, 9.17) is 4.74 Å². The molecule has 5 heterocycles. The van der Waals surface area contributed by atoms with Crippen molar-refractivity contribution in [1.82, 2.24) is 29.4 Å². The van der Waals surface area contributed by atoms with E-state index in [1.165, 1.54) is 6.92 Å². The third-order valence-electron chi connectivity index (χ3n) is 6.37. The Bertz CT molecular complexity index is 934. The standard InChI is InChI=1S/C20H29N7O2/c1-13(2)16-10-21-27-18(16)23-17(14(3)28)24-19(27)22-15-4-6-25(7-5-15)11-20-12-26(20)8-9-29-20/h10,13,15H,4-9,11-12H2,1-3H3,(H,22,23,24). The second-order valence-corrected chi connectivity index (χ2v) is 8.83. The van der Waals surface area contributed by atoms with Gasteiger partial charge in [0.25, 0.3) is 0 Å². The first-order valence-electron chi connectivity index (χ1n) is 10.6. The number of carbonyl (C=O) groups is 1. The Morgan fingerprint density at radius 2 is 2.10 bits per heavy atom. The van der Waals surface area contributed by atoms with Crippen molar-refractivity contribution < 1.29 is 9.53 Å². The Morgan fingerprint density at radius 1 is 1.31 bits per heavy atom. The number of anilines is 1. The molecule has 0 aromatic carbocycles. The smallest absolute Gasteiger partial charge is 0.228 e. The zero-order valence-electron chi connectivity index (χ0n) is 17.4. The van der Waals surface area contributed by atoms with Crippen molar-refractivity contribution in [2.24, 2.45) is 0 Å². The molecule has 0 bridgehead atoms. The van der Waals surface area contributed by atoms with E-state index in [1.807, 2.05) is 6.20 Å². The van der Waals surface area contributed by atoms with Crippen molar-refractivity contribution in [2.75, 3.05) is 44.6 Å². The number of hydrogen-bond acceptors (Lipinski definition) is 8. The molecule has 2 atom stereocenters. The number of ether oxygens (including phenoxy) is 1. The van der Waals surface area contributed by atoms with Crippen molar-refractivity contribution in [1.29, 1.82) is 0 Å². The van der Waals surface area contributed by atoms with Crippen LogP contribution in [0.1, 0.15) is 55.7 Å². The van der Waals surface area contributed by atoms with Gasteiger partial charge in [-0.25, -0.2) is 4.98 Å². The molecule has 3 saturated heterocycles. The van der Waals surface area contributed by atoms with Gasteiger partial charge in [0.1, 0.15) is 5.72 Å². The minimum absolute atomic E-state index is 0.0117. The van der Waals surface area contributed by atoms with E-state index >= 15 is 0 Å². The molecule has 1 N–H and O–H groups in total. The highest BCUT2D eigenvalue weighted by Gasteiger charge is 2.57. The fourth-order valence-electron chi connectivity index (χ4n) is 4.54. The minimum Gasteiger partial charge on any atom is -0.356 e. The number of rotatable bonds is 6. The number of carbonyl (C=O) groups excluding carboxylic acids is 1. The first-order chi connectivity index (χ1) is 13.9. The molecule has 156 valence electrons. The summed E-state index contributed by atoms with van der Waals surface area (Å²) >= 11 is 0. The number of nitrogens with one attached hydrogen (secondary N) is 1. The molecule has 0 radical (unpaired) electrons. The fraction of sp³-hybridized carbons (Fsp3) is 0.700. The Hall–Kier alpha value is -2.10. The first kappa shape index (κ1) is 18.9. The number of likely N-dealkylation sites (tertiary alicyclic amines) is 1. The molecule has 0 amide bonds. The zero-order chi connectivity index (χ0) is 20.2. The predicted octanol–water partition coefficient (Wildman–Crippen LogP) is 1.37. The van der Waals surface area contributed by atoms with Crippen molar-refractivity contribution in [2.45, 2.75) is 51.3 Å². The van der Waals surface area contributed by atoms with Gasteiger partial charge < -0.3 is 10.1 Å². The van der Waals surface area contributed by atoms with Crippen LogP contribution in [0.4, 0.5) is 5.95 Å². The lowest BCUT2D eigenvalue weighted by Gasteiger charge is -2.34. The molecule has 2 aromatic rings. The monoisotopic (exact) mass is 399 g/mol. The number of morpholine rings is 1. The molecule has 2 aromatic heterocycles.